The van der Waals surface area contributed by atoms with Gasteiger partial charge < -0.3 is 10.2 Å². The Morgan fingerprint density at radius 1 is 1.29 bits per heavy atom. The number of carbonyl (C=O) groups is 1. The Hall–Kier alpha value is -0.660. The molecule has 0 aliphatic carbocycles. The number of aliphatic hydroxyl groups is 1. The Morgan fingerprint density at radius 2 is 1.93 bits per heavy atom. The second-order valence-electron chi connectivity index (χ2n) is 2.79. The normalized spacial score (nSPS) is 11.5. The standard InChI is InChI=1S/C7H15NO5S/c9-5-2-1-4-8-14(12,13)6-3-7(10)11/h8-9H,1-6H2,(H,10,11). The van der Waals surface area contributed by atoms with Gasteiger partial charge in [0.15, 0.2) is 0 Å². The second kappa shape index (κ2) is 6.74. The highest BCUT2D eigenvalue weighted by atomic mass is 32.2. The molecule has 0 heterocycles. The summed E-state index contributed by atoms with van der Waals surface area (Å²) in [6, 6.07) is 0. The maximum Gasteiger partial charge on any atom is 0.304 e. The fourth-order valence-electron chi connectivity index (χ4n) is 0.758. The van der Waals surface area contributed by atoms with Gasteiger partial charge in [-0.2, -0.15) is 0 Å². The van der Waals surface area contributed by atoms with Crippen molar-refractivity contribution in [2.45, 2.75) is 19.3 Å². The van der Waals surface area contributed by atoms with Crippen molar-refractivity contribution < 1.29 is 23.4 Å². The number of rotatable bonds is 8. The molecule has 0 fully saturated rings. The Bertz CT molecular complexity index is 261. The number of aliphatic carboxylic acids is 1. The highest BCUT2D eigenvalue weighted by Gasteiger charge is 2.11. The van der Waals surface area contributed by atoms with Gasteiger partial charge in [0.2, 0.25) is 10.0 Å². The van der Waals surface area contributed by atoms with Crippen LogP contribution in [0.5, 0.6) is 0 Å². The van der Waals surface area contributed by atoms with Gasteiger partial charge in [-0.3, -0.25) is 4.79 Å². The molecule has 0 saturated heterocycles. The van der Waals surface area contributed by atoms with Crippen molar-refractivity contribution in [3.63, 3.8) is 0 Å². The van der Waals surface area contributed by atoms with Crippen molar-refractivity contribution in [2.75, 3.05) is 18.9 Å². The van der Waals surface area contributed by atoms with E-state index in [0.29, 0.717) is 12.8 Å². The van der Waals surface area contributed by atoms with Crippen molar-refractivity contribution >= 4 is 16.0 Å². The lowest BCUT2D eigenvalue weighted by Gasteiger charge is -2.04. The van der Waals surface area contributed by atoms with Gasteiger partial charge >= 0.3 is 5.97 Å². The molecule has 0 aliphatic heterocycles. The zero-order valence-corrected chi connectivity index (χ0v) is 8.59. The first kappa shape index (κ1) is 13.3. The van der Waals surface area contributed by atoms with Crippen LogP contribution >= 0.6 is 0 Å². The first-order valence-electron chi connectivity index (χ1n) is 4.28. The zero-order valence-electron chi connectivity index (χ0n) is 7.77. The van der Waals surface area contributed by atoms with Gasteiger partial charge in [-0.05, 0) is 12.8 Å². The molecule has 0 aromatic heterocycles. The molecule has 3 N–H and O–H groups in total. The molecule has 7 heteroatoms. The summed E-state index contributed by atoms with van der Waals surface area (Å²) >= 11 is 0. The number of unbranched alkanes of at least 4 members (excludes halogenated alkanes) is 1. The number of hydrogen-bond acceptors (Lipinski definition) is 4. The Morgan fingerprint density at radius 3 is 2.43 bits per heavy atom. The fraction of sp³-hybridized carbons (Fsp3) is 0.857. The summed E-state index contributed by atoms with van der Waals surface area (Å²) in [7, 11) is -3.47. The van der Waals surface area contributed by atoms with Crippen LogP contribution in [-0.2, 0) is 14.8 Å². The first-order valence-corrected chi connectivity index (χ1v) is 5.93. The fourth-order valence-corrected chi connectivity index (χ4v) is 1.80. The molecule has 0 aliphatic rings. The molecule has 0 saturated carbocycles. The molecule has 0 amide bonds. The van der Waals surface area contributed by atoms with Crippen molar-refractivity contribution in [1.82, 2.24) is 4.72 Å². The minimum Gasteiger partial charge on any atom is -0.481 e. The van der Waals surface area contributed by atoms with E-state index >= 15 is 0 Å². The quantitative estimate of drug-likeness (QED) is 0.467. The Kier molecular flexibility index (Phi) is 6.43. The average molecular weight is 225 g/mol. The molecule has 0 atom stereocenters. The van der Waals surface area contributed by atoms with Crippen LogP contribution in [0.25, 0.3) is 0 Å². The molecule has 0 rings (SSSR count). The van der Waals surface area contributed by atoms with Gasteiger partial charge in [0.1, 0.15) is 0 Å². The summed E-state index contributed by atoms with van der Waals surface area (Å²) < 4.78 is 24.4. The second-order valence-corrected chi connectivity index (χ2v) is 4.71. The molecule has 0 unspecified atom stereocenters. The summed E-state index contributed by atoms with van der Waals surface area (Å²) in [5.41, 5.74) is 0. The highest BCUT2D eigenvalue weighted by molar-refractivity contribution is 7.89. The molecular weight excluding hydrogens is 210 g/mol. The van der Waals surface area contributed by atoms with Crippen molar-refractivity contribution in [3.05, 3.63) is 0 Å². The third-order valence-corrected chi connectivity index (χ3v) is 2.88. The number of carboxylic acid groups (broad SMARTS) is 1. The lowest BCUT2D eigenvalue weighted by Crippen LogP contribution is -2.28. The molecule has 0 aromatic carbocycles. The van der Waals surface area contributed by atoms with Crippen LogP contribution in [0.4, 0.5) is 0 Å². The predicted octanol–water partition coefficient (Wildman–Crippen LogP) is -0.847. The highest BCUT2D eigenvalue weighted by Crippen LogP contribution is 1.91. The molecular formula is C7H15NO5S. The van der Waals surface area contributed by atoms with Crippen LogP contribution in [0, 0.1) is 0 Å². The van der Waals surface area contributed by atoms with Crippen LogP contribution in [-0.4, -0.2) is 43.5 Å². The van der Waals surface area contributed by atoms with Crippen LogP contribution in [0.1, 0.15) is 19.3 Å². The number of hydrogen-bond donors (Lipinski definition) is 3. The van der Waals surface area contributed by atoms with Gasteiger partial charge in [-0.25, -0.2) is 13.1 Å². The number of carboxylic acids is 1. The smallest absolute Gasteiger partial charge is 0.304 e. The molecule has 14 heavy (non-hydrogen) atoms. The summed E-state index contributed by atoms with van der Waals surface area (Å²) in [6.07, 6.45) is 0.680. The Balaban J connectivity index is 3.67. The zero-order chi connectivity index (χ0) is 11.0. The predicted molar refractivity (Wildman–Crippen MR) is 50.4 cm³/mol. The molecule has 0 spiro atoms. The SMILES string of the molecule is O=C(O)CCS(=O)(=O)NCCCCO. The first-order chi connectivity index (χ1) is 6.48. The topological polar surface area (TPSA) is 104 Å². The van der Waals surface area contributed by atoms with Gasteiger partial charge in [-0.15, -0.1) is 0 Å². The number of aliphatic hydroxyl groups excluding tert-OH is 1. The Labute approximate surface area is 83.0 Å². The summed E-state index contributed by atoms with van der Waals surface area (Å²) in [6.45, 7) is 0.263. The van der Waals surface area contributed by atoms with E-state index in [0.717, 1.165) is 0 Å². The van der Waals surface area contributed by atoms with Crippen LogP contribution in [0.15, 0.2) is 0 Å². The van der Waals surface area contributed by atoms with Crippen molar-refractivity contribution in [2.24, 2.45) is 0 Å². The largest absolute Gasteiger partial charge is 0.481 e. The summed E-state index contributed by atoms with van der Waals surface area (Å²) in [5, 5.41) is 16.7. The van der Waals surface area contributed by atoms with E-state index in [4.69, 9.17) is 10.2 Å². The van der Waals surface area contributed by atoms with Gasteiger partial charge in [0.25, 0.3) is 0 Å². The minimum absolute atomic E-state index is 0.0247. The third kappa shape index (κ3) is 7.96. The van der Waals surface area contributed by atoms with Crippen LogP contribution < -0.4 is 4.72 Å². The monoisotopic (exact) mass is 225 g/mol. The molecule has 0 radical (unpaired) electrons. The van der Waals surface area contributed by atoms with E-state index in [2.05, 4.69) is 4.72 Å². The lowest BCUT2D eigenvalue weighted by molar-refractivity contribution is -0.136. The van der Waals surface area contributed by atoms with Crippen molar-refractivity contribution in [1.29, 1.82) is 0 Å². The van der Waals surface area contributed by atoms with E-state index in [9.17, 15) is 13.2 Å². The van der Waals surface area contributed by atoms with E-state index in [1.807, 2.05) is 0 Å². The van der Waals surface area contributed by atoms with Crippen LogP contribution in [0.3, 0.4) is 0 Å². The van der Waals surface area contributed by atoms with E-state index in [-0.39, 0.29) is 13.2 Å². The summed E-state index contributed by atoms with van der Waals surface area (Å²) in [5.74, 6) is -1.53. The van der Waals surface area contributed by atoms with E-state index in [1.54, 1.807) is 0 Å². The van der Waals surface area contributed by atoms with Crippen LogP contribution in [0.2, 0.25) is 0 Å². The molecule has 6 nitrogen and oxygen atoms in total. The number of nitrogens with one attached hydrogen (secondary N) is 1. The van der Waals surface area contributed by atoms with Crippen molar-refractivity contribution in [3.8, 4) is 0 Å². The maximum atomic E-state index is 11.1. The number of sulfonamides is 1. The van der Waals surface area contributed by atoms with Gasteiger partial charge in [0.05, 0.1) is 12.2 Å². The van der Waals surface area contributed by atoms with Gasteiger partial charge in [0, 0.05) is 13.2 Å². The average Bonchev–Trinajstić information content (AvgIpc) is 2.10. The minimum atomic E-state index is -3.47. The van der Waals surface area contributed by atoms with E-state index < -0.39 is 28.2 Å². The summed E-state index contributed by atoms with van der Waals surface area (Å²) in [4.78, 5) is 10.1. The molecule has 0 aromatic rings. The van der Waals surface area contributed by atoms with Gasteiger partial charge in [-0.1, -0.05) is 0 Å². The molecule has 0 bridgehead atoms. The third-order valence-electron chi connectivity index (χ3n) is 1.49. The molecule has 84 valence electrons. The maximum absolute atomic E-state index is 11.1. The lowest BCUT2D eigenvalue weighted by atomic mass is 10.3. The van der Waals surface area contributed by atoms with E-state index in [1.165, 1.54) is 0 Å².